The van der Waals surface area contributed by atoms with Crippen LogP contribution < -0.4 is 0 Å². The fourth-order valence-corrected chi connectivity index (χ4v) is 1.26. The highest BCUT2D eigenvalue weighted by molar-refractivity contribution is 5.87. The molecule has 0 aliphatic heterocycles. The van der Waals surface area contributed by atoms with Gasteiger partial charge in [-0.2, -0.15) is 0 Å². The Kier molecular flexibility index (Phi) is 3.17. The molecular weight excluding hydrogens is 194 g/mol. The molecule has 0 spiro atoms. The molecule has 4 nitrogen and oxygen atoms in total. The summed E-state index contributed by atoms with van der Waals surface area (Å²) in [4.78, 5) is 15.8. The first-order valence-corrected chi connectivity index (χ1v) is 4.98. The highest BCUT2D eigenvalue weighted by Crippen LogP contribution is 2.26. The van der Waals surface area contributed by atoms with E-state index in [1.54, 1.807) is 0 Å². The average molecular weight is 211 g/mol. The van der Waals surface area contributed by atoms with Crippen LogP contribution in [-0.4, -0.2) is 18.1 Å². The van der Waals surface area contributed by atoms with Crippen LogP contribution in [0.5, 0.6) is 0 Å². The summed E-state index contributed by atoms with van der Waals surface area (Å²) in [6.45, 7) is 7.88. The van der Waals surface area contributed by atoms with Gasteiger partial charge in [-0.1, -0.05) is 27.7 Å². The number of aryl methyl sites for hydroxylation is 1. The topological polar surface area (TPSA) is 52.3 Å². The molecule has 84 valence electrons. The number of hydrogen-bond acceptors (Lipinski definition) is 4. The third-order valence-corrected chi connectivity index (χ3v) is 2.06. The van der Waals surface area contributed by atoms with Gasteiger partial charge in [-0.15, -0.1) is 0 Å². The molecule has 1 aromatic heterocycles. The Labute approximate surface area is 89.6 Å². The number of carbonyl (C=O) groups excluding carboxylic acids is 1. The van der Waals surface area contributed by atoms with Crippen molar-refractivity contribution in [2.45, 2.75) is 39.5 Å². The second kappa shape index (κ2) is 4.04. The van der Waals surface area contributed by atoms with E-state index < -0.39 is 5.97 Å². The first kappa shape index (κ1) is 11.8. The van der Waals surface area contributed by atoms with Gasteiger partial charge in [0, 0.05) is 11.8 Å². The Balaban J connectivity index is 3.24. The van der Waals surface area contributed by atoms with Crippen molar-refractivity contribution in [3.63, 3.8) is 0 Å². The van der Waals surface area contributed by atoms with Crippen LogP contribution >= 0.6 is 0 Å². The van der Waals surface area contributed by atoms with Gasteiger partial charge >= 0.3 is 5.97 Å². The second-order valence-electron chi connectivity index (χ2n) is 4.38. The molecule has 0 N–H and O–H groups in total. The summed E-state index contributed by atoms with van der Waals surface area (Å²) in [6.07, 6.45) is 0.667. The monoisotopic (exact) mass is 211 g/mol. The summed E-state index contributed by atoms with van der Waals surface area (Å²) < 4.78 is 10.0. The van der Waals surface area contributed by atoms with Gasteiger partial charge < -0.3 is 9.15 Å². The SMILES string of the molecule is CCc1nc(C(C)(C)C)c(C(=O)OC)o1. The molecule has 0 bridgehead atoms. The number of ether oxygens (including phenoxy) is 1. The average Bonchev–Trinajstić information content (AvgIpc) is 2.59. The summed E-state index contributed by atoms with van der Waals surface area (Å²) in [5, 5.41) is 0. The lowest BCUT2D eigenvalue weighted by Gasteiger charge is -2.15. The smallest absolute Gasteiger partial charge is 0.376 e. The van der Waals surface area contributed by atoms with Gasteiger partial charge in [0.05, 0.1) is 12.8 Å². The molecule has 0 aliphatic carbocycles. The van der Waals surface area contributed by atoms with Crippen LogP contribution in [0.1, 0.15) is 49.8 Å². The zero-order valence-corrected chi connectivity index (χ0v) is 9.88. The van der Waals surface area contributed by atoms with Gasteiger partial charge in [0.1, 0.15) is 0 Å². The summed E-state index contributed by atoms with van der Waals surface area (Å²) >= 11 is 0. The molecule has 4 heteroatoms. The number of rotatable bonds is 2. The van der Waals surface area contributed by atoms with E-state index in [4.69, 9.17) is 4.42 Å². The fraction of sp³-hybridized carbons (Fsp3) is 0.636. The molecular formula is C11H17NO3. The third-order valence-electron chi connectivity index (χ3n) is 2.06. The highest BCUT2D eigenvalue weighted by Gasteiger charge is 2.28. The Bertz CT molecular complexity index is 360. The van der Waals surface area contributed by atoms with E-state index in [-0.39, 0.29) is 11.2 Å². The van der Waals surface area contributed by atoms with Crippen LogP contribution in [0.4, 0.5) is 0 Å². The number of oxazole rings is 1. The van der Waals surface area contributed by atoms with E-state index in [0.29, 0.717) is 18.0 Å². The molecule has 0 radical (unpaired) electrons. The van der Waals surface area contributed by atoms with Crippen LogP contribution in [0.25, 0.3) is 0 Å². The summed E-state index contributed by atoms with van der Waals surface area (Å²) in [5.41, 5.74) is 0.437. The van der Waals surface area contributed by atoms with Gasteiger partial charge in [0.15, 0.2) is 5.89 Å². The first-order chi connectivity index (χ1) is 6.90. The quantitative estimate of drug-likeness (QED) is 0.704. The van der Waals surface area contributed by atoms with Crippen molar-refractivity contribution in [2.24, 2.45) is 0 Å². The Morgan fingerprint density at radius 1 is 1.47 bits per heavy atom. The van der Waals surface area contributed by atoms with Gasteiger partial charge in [0.2, 0.25) is 5.76 Å². The third kappa shape index (κ3) is 2.37. The number of hydrogen-bond donors (Lipinski definition) is 0. The van der Waals surface area contributed by atoms with E-state index in [0.717, 1.165) is 0 Å². The van der Waals surface area contributed by atoms with Crippen molar-refractivity contribution in [1.82, 2.24) is 4.98 Å². The molecule has 1 heterocycles. The lowest BCUT2D eigenvalue weighted by atomic mass is 9.91. The summed E-state index contributed by atoms with van der Waals surface area (Å²) in [7, 11) is 1.34. The molecule has 1 aromatic rings. The zero-order valence-electron chi connectivity index (χ0n) is 9.88. The Hall–Kier alpha value is -1.32. The van der Waals surface area contributed by atoms with Crippen LogP contribution in [0.2, 0.25) is 0 Å². The minimum Gasteiger partial charge on any atom is -0.463 e. The standard InChI is InChI=1S/C11H17NO3/c1-6-7-12-9(11(2,3)4)8(15-7)10(13)14-5/h6H2,1-5H3. The van der Waals surface area contributed by atoms with Gasteiger partial charge in [-0.3, -0.25) is 0 Å². The molecule has 0 fully saturated rings. The fourth-order valence-electron chi connectivity index (χ4n) is 1.26. The maximum absolute atomic E-state index is 11.5. The van der Waals surface area contributed by atoms with Crippen molar-refractivity contribution in [3.05, 3.63) is 17.3 Å². The van der Waals surface area contributed by atoms with Crippen LogP contribution in [0.3, 0.4) is 0 Å². The Morgan fingerprint density at radius 3 is 2.47 bits per heavy atom. The van der Waals surface area contributed by atoms with Crippen molar-refractivity contribution in [1.29, 1.82) is 0 Å². The Morgan fingerprint density at radius 2 is 2.07 bits per heavy atom. The molecule has 0 aromatic carbocycles. The van der Waals surface area contributed by atoms with E-state index in [2.05, 4.69) is 9.72 Å². The maximum atomic E-state index is 11.5. The minimum absolute atomic E-state index is 0.222. The molecule has 0 saturated heterocycles. The van der Waals surface area contributed by atoms with E-state index in [9.17, 15) is 4.79 Å². The number of esters is 1. The number of methoxy groups -OCH3 is 1. The molecule has 0 amide bonds. The lowest BCUT2D eigenvalue weighted by molar-refractivity contribution is 0.0559. The van der Waals surface area contributed by atoms with Crippen LogP contribution in [0, 0.1) is 0 Å². The van der Waals surface area contributed by atoms with Gasteiger partial charge in [0.25, 0.3) is 0 Å². The van der Waals surface area contributed by atoms with E-state index in [1.165, 1.54) is 7.11 Å². The predicted molar refractivity (Wildman–Crippen MR) is 55.9 cm³/mol. The second-order valence-corrected chi connectivity index (χ2v) is 4.38. The van der Waals surface area contributed by atoms with Crippen LogP contribution in [0.15, 0.2) is 4.42 Å². The van der Waals surface area contributed by atoms with Gasteiger partial charge in [-0.05, 0) is 0 Å². The summed E-state index contributed by atoms with van der Waals surface area (Å²) in [5.74, 6) is 0.328. The molecule has 15 heavy (non-hydrogen) atoms. The lowest BCUT2D eigenvalue weighted by Crippen LogP contribution is -2.17. The van der Waals surface area contributed by atoms with Crippen molar-refractivity contribution in [2.75, 3.05) is 7.11 Å². The number of aromatic nitrogens is 1. The maximum Gasteiger partial charge on any atom is 0.376 e. The molecule has 0 aliphatic rings. The van der Waals surface area contributed by atoms with Gasteiger partial charge in [-0.25, -0.2) is 9.78 Å². The van der Waals surface area contributed by atoms with Crippen LogP contribution in [-0.2, 0) is 16.6 Å². The summed E-state index contributed by atoms with van der Waals surface area (Å²) in [6, 6.07) is 0. The van der Waals surface area contributed by atoms with E-state index >= 15 is 0 Å². The van der Waals surface area contributed by atoms with Crippen molar-refractivity contribution >= 4 is 5.97 Å². The number of nitrogens with zero attached hydrogens (tertiary/aromatic N) is 1. The number of carbonyl (C=O) groups is 1. The largest absolute Gasteiger partial charge is 0.463 e. The highest BCUT2D eigenvalue weighted by atomic mass is 16.5. The predicted octanol–water partition coefficient (Wildman–Crippen LogP) is 2.32. The molecule has 0 saturated carbocycles. The molecule has 1 rings (SSSR count). The zero-order chi connectivity index (χ0) is 11.6. The minimum atomic E-state index is -0.466. The molecule has 0 unspecified atom stereocenters. The molecule has 0 atom stereocenters. The van der Waals surface area contributed by atoms with Crippen molar-refractivity contribution in [3.8, 4) is 0 Å². The normalized spacial score (nSPS) is 11.5. The van der Waals surface area contributed by atoms with E-state index in [1.807, 2.05) is 27.7 Å². The first-order valence-electron chi connectivity index (χ1n) is 4.98. The van der Waals surface area contributed by atoms with Crippen molar-refractivity contribution < 1.29 is 13.9 Å².